The first-order valence-corrected chi connectivity index (χ1v) is 9.34. The Kier molecular flexibility index (Phi) is 8.94. The van der Waals surface area contributed by atoms with Crippen molar-refractivity contribution in [1.82, 2.24) is 10.2 Å². The van der Waals surface area contributed by atoms with Gasteiger partial charge >= 0.3 is 0 Å². The number of hydrogen-bond acceptors (Lipinski definition) is 4. The van der Waals surface area contributed by atoms with E-state index in [1.807, 2.05) is 26.0 Å². The molecule has 2 heterocycles. The number of carbonyl (C=O) groups is 1. The van der Waals surface area contributed by atoms with Crippen LogP contribution in [0.4, 0.5) is 0 Å². The zero-order valence-electron chi connectivity index (χ0n) is 15.8. The number of halogens is 2. The normalized spacial score (nSPS) is 27.3. The molecule has 0 aromatic carbocycles. The average Bonchev–Trinajstić information content (AvgIpc) is 3.19. The van der Waals surface area contributed by atoms with Gasteiger partial charge in [-0.25, -0.2) is 0 Å². The molecule has 2 fully saturated rings. The number of likely N-dealkylation sites (tertiary alicyclic amines) is 1. The molecule has 7 heteroatoms. The van der Waals surface area contributed by atoms with Gasteiger partial charge in [-0.3, -0.25) is 9.69 Å². The molecule has 1 aromatic rings. The van der Waals surface area contributed by atoms with Crippen molar-refractivity contribution in [3.05, 3.63) is 23.7 Å². The van der Waals surface area contributed by atoms with E-state index in [1.54, 1.807) is 0 Å². The van der Waals surface area contributed by atoms with Gasteiger partial charge in [-0.2, -0.15) is 0 Å². The van der Waals surface area contributed by atoms with Crippen LogP contribution in [0.1, 0.15) is 63.0 Å². The first-order chi connectivity index (χ1) is 11.5. The van der Waals surface area contributed by atoms with E-state index < -0.39 is 0 Å². The van der Waals surface area contributed by atoms with E-state index in [4.69, 9.17) is 10.2 Å². The second-order valence-corrected chi connectivity index (χ2v) is 7.76. The van der Waals surface area contributed by atoms with Crippen LogP contribution in [0.2, 0.25) is 0 Å². The van der Waals surface area contributed by atoms with E-state index >= 15 is 0 Å². The standard InChI is InChI=1S/C19H31N3O2.2ClH/c1-14-8-9-17(24-14)16(22-11-5-6-12-22)13-21-18(23)15-7-3-4-10-19(15,2)20;;/h8-9,15-16H,3-7,10-13,20H2,1-2H3,(H,21,23);2*1H. The van der Waals surface area contributed by atoms with Crippen LogP contribution in [0.5, 0.6) is 0 Å². The second kappa shape index (κ2) is 9.98. The van der Waals surface area contributed by atoms with Gasteiger partial charge in [0.2, 0.25) is 5.91 Å². The zero-order valence-corrected chi connectivity index (χ0v) is 17.5. The number of nitrogens with one attached hydrogen (secondary N) is 1. The molecule has 1 saturated carbocycles. The summed E-state index contributed by atoms with van der Waals surface area (Å²) < 4.78 is 5.86. The van der Waals surface area contributed by atoms with Gasteiger partial charge in [0, 0.05) is 12.1 Å². The third-order valence-corrected chi connectivity index (χ3v) is 5.71. The number of nitrogens with zero attached hydrogens (tertiary/aromatic N) is 1. The van der Waals surface area contributed by atoms with Crippen molar-refractivity contribution in [3.63, 3.8) is 0 Å². The molecule has 1 aliphatic carbocycles. The molecule has 0 spiro atoms. The van der Waals surface area contributed by atoms with Crippen molar-refractivity contribution < 1.29 is 9.21 Å². The molecule has 26 heavy (non-hydrogen) atoms. The van der Waals surface area contributed by atoms with Gasteiger partial charge in [-0.15, -0.1) is 24.8 Å². The molecular formula is C19H33Cl2N3O2. The molecule has 150 valence electrons. The van der Waals surface area contributed by atoms with Gasteiger partial charge in [0.05, 0.1) is 12.0 Å². The van der Waals surface area contributed by atoms with Crippen molar-refractivity contribution in [1.29, 1.82) is 0 Å². The van der Waals surface area contributed by atoms with E-state index in [-0.39, 0.29) is 48.2 Å². The lowest BCUT2D eigenvalue weighted by atomic mass is 9.74. The summed E-state index contributed by atoms with van der Waals surface area (Å²) in [5, 5.41) is 3.17. The summed E-state index contributed by atoms with van der Waals surface area (Å²) in [7, 11) is 0. The van der Waals surface area contributed by atoms with Gasteiger partial charge in [-0.05, 0) is 64.8 Å². The van der Waals surface area contributed by atoms with E-state index in [2.05, 4.69) is 10.2 Å². The first-order valence-electron chi connectivity index (χ1n) is 9.34. The molecule has 1 amide bonds. The third kappa shape index (κ3) is 5.38. The number of aryl methyl sites for hydroxylation is 1. The molecule has 3 rings (SSSR count). The van der Waals surface area contributed by atoms with Crippen molar-refractivity contribution >= 4 is 30.7 Å². The lowest BCUT2D eigenvalue weighted by molar-refractivity contribution is -0.128. The molecule has 0 radical (unpaired) electrons. The van der Waals surface area contributed by atoms with Gasteiger partial charge in [0.15, 0.2) is 0 Å². The Balaban J connectivity index is 0.00000169. The minimum atomic E-state index is -0.382. The van der Waals surface area contributed by atoms with Crippen molar-refractivity contribution in [2.75, 3.05) is 19.6 Å². The monoisotopic (exact) mass is 405 g/mol. The number of hydrogen-bond donors (Lipinski definition) is 2. The van der Waals surface area contributed by atoms with E-state index in [0.29, 0.717) is 6.54 Å². The zero-order chi connectivity index (χ0) is 17.2. The molecule has 1 saturated heterocycles. The Hall–Kier alpha value is -0.750. The Labute approximate surface area is 169 Å². The van der Waals surface area contributed by atoms with Gasteiger partial charge in [0.1, 0.15) is 11.5 Å². The fraction of sp³-hybridized carbons (Fsp3) is 0.737. The molecule has 5 nitrogen and oxygen atoms in total. The highest BCUT2D eigenvalue weighted by atomic mass is 35.5. The van der Waals surface area contributed by atoms with Crippen LogP contribution in [-0.4, -0.2) is 36.0 Å². The van der Waals surface area contributed by atoms with E-state index in [0.717, 1.165) is 50.3 Å². The van der Waals surface area contributed by atoms with Crippen LogP contribution in [0.25, 0.3) is 0 Å². The Bertz CT molecular complexity index is 571. The third-order valence-electron chi connectivity index (χ3n) is 5.71. The van der Waals surface area contributed by atoms with Crippen LogP contribution in [0, 0.1) is 12.8 Å². The summed E-state index contributed by atoms with van der Waals surface area (Å²) in [4.78, 5) is 15.1. The topological polar surface area (TPSA) is 71.5 Å². The minimum absolute atomic E-state index is 0. The SMILES string of the molecule is Cc1ccc(C(CNC(=O)C2CCCCC2(C)N)N2CCCC2)o1.Cl.Cl. The van der Waals surface area contributed by atoms with Gasteiger partial charge in [0.25, 0.3) is 0 Å². The highest BCUT2D eigenvalue weighted by Crippen LogP contribution is 2.32. The lowest BCUT2D eigenvalue weighted by Crippen LogP contribution is -2.53. The van der Waals surface area contributed by atoms with Gasteiger partial charge in [-0.1, -0.05) is 12.8 Å². The molecule has 3 N–H and O–H groups in total. The van der Waals surface area contributed by atoms with Crippen LogP contribution in [-0.2, 0) is 4.79 Å². The fourth-order valence-corrected chi connectivity index (χ4v) is 4.20. The Morgan fingerprint density at radius 2 is 2.00 bits per heavy atom. The van der Waals surface area contributed by atoms with Crippen LogP contribution >= 0.6 is 24.8 Å². The van der Waals surface area contributed by atoms with Crippen LogP contribution in [0.15, 0.2) is 16.5 Å². The Morgan fingerprint density at radius 3 is 2.58 bits per heavy atom. The minimum Gasteiger partial charge on any atom is -0.465 e. The number of rotatable bonds is 5. The molecular weight excluding hydrogens is 373 g/mol. The summed E-state index contributed by atoms with van der Waals surface area (Å²) >= 11 is 0. The molecule has 0 bridgehead atoms. The maximum absolute atomic E-state index is 12.7. The molecule has 3 unspecified atom stereocenters. The predicted molar refractivity (Wildman–Crippen MR) is 109 cm³/mol. The highest BCUT2D eigenvalue weighted by Gasteiger charge is 2.38. The van der Waals surface area contributed by atoms with Crippen LogP contribution in [0.3, 0.4) is 0 Å². The average molecular weight is 406 g/mol. The number of carbonyl (C=O) groups excluding carboxylic acids is 1. The van der Waals surface area contributed by atoms with Gasteiger partial charge < -0.3 is 15.5 Å². The summed E-state index contributed by atoms with van der Waals surface area (Å²) in [6.45, 7) is 6.71. The predicted octanol–water partition coefficient (Wildman–Crippen LogP) is 3.59. The highest BCUT2D eigenvalue weighted by molar-refractivity contribution is 5.85. The number of amides is 1. The lowest BCUT2D eigenvalue weighted by Gasteiger charge is -2.37. The molecule has 1 aromatic heterocycles. The van der Waals surface area contributed by atoms with E-state index in [1.165, 1.54) is 12.8 Å². The van der Waals surface area contributed by atoms with Crippen molar-refractivity contribution in [3.8, 4) is 0 Å². The summed E-state index contributed by atoms with van der Waals surface area (Å²) in [6.07, 6.45) is 6.48. The maximum Gasteiger partial charge on any atom is 0.225 e. The summed E-state index contributed by atoms with van der Waals surface area (Å²) in [5.41, 5.74) is 5.99. The Morgan fingerprint density at radius 1 is 1.31 bits per heavy atom. The summed E-state index contributed by atoms with van der Waals surface area (Å²) in [6, 6.07) is 4.16. The van der Waals surface area contributed by atoms with Crippen molar-refractivity contribution in [2.45, 2.75) is 64.0 Å². The number of furan rings is 1. The second-order valence-electron chi connectivity index (χ2n) is 7.76. The maximum atomic E-state index is 12.7. The van der Waals surface area contributed by atoms with Crippen LogP contribution < -0.4 is 11.1 Å². The molecule has 1 aliphatic heterocycles. The number of nitrogens with two attached hydrogens (primary N) is 1. The largest absolute Gasteiger partial charge is 0.465 e. The smallest absolute Gasteiger partial charge is 0.225 e. The summed E-state index contributed by atoms with van der Waals surface area (Å²) in [5.74, 6) is 1.90. The fourth-order valence-electron chi connectivity index (χ4n) is 4.20. The van der Waals surface area contributed by atoms with Crippen molar-refractivity contribution in [2.24, 2.45) is 11.7 Å². The molecule has 2 aliphatic rings. The van der Waals surface area contributed by atoms with E-state index in [9.17, 15) is 4.79 Å². The first kappa shape index (κ1) is 23.3. The molecule has 3 atom stereocenters. The quantitative estimate of drug-likeness (QED) is 0.784.